The largest absolute Gasteiger partial charge is 0.475 e. The molecule has 142 valence electrons. The van der Waals surface area contributed by atoms with E-state index < -0.39 is 5.60 Å². The van der Waals surface area contributed by atoms with Gasteiger partial charge in [-0.3, -0.25) is 14.7 Å². The third-order valence-corrected chi connectivity index (χ3v) is 6.42. The monoisotopic (exact) mass is 358 g/mol. The van der Waals surface area contributed by atoms with Crippen LogP contribution in [-0.4, -0.2) is 71.1 Å². The summed E-state index contributed by atoms with van der Waals surface area (Å²) >= 11 is 0. The van der Waals surface area contributed by atoms with Gasteiger partial charge in [0.05, 0.1) is 5.69 Å². The summed E-state index contributed by atoms with van der Waals surface area (Å²) in [6.45, 7) is 8.74. The molecule has 0 aliphatic carbocycles. The average molecular weight is 358 g/mol. The Bertz CT molecular complexity index is 659. The third-order valence-electron chi connectivity index (χ3n) is 6.42. The lowest BCUT2D eigenvalue weighted by atomic mass is 9.88. The Labute approximate surface area is 155 Å². The topological polar surface area (TPSA) is 57.7 Å². The van der Waals surface area contributed by atoms with Gasteiger partial charge in [-0.15, -0.1) is 0 Å². The third kappa shape index (κ3) is 3.09. The van der Waals surface area contributed by atoms with Crippen LogP contribution in [0, 0.1) is 6.92 Å². The molecule has 1 amide bonds. The number of piperazine rings is 1. The molecule has 1 aromatic rings. The Morgan fingerprint density at radius 2 is 2.12 bits per heavy atom. The number of rotatable bonds is 3. The summed E-state index contributed by atoms with van der Waals surface area (Å²) in [5, 5.41) is 3.37. The number of piperidine rings is 1. The Kier molecular flexibility index (Phi) is 4.88. The van der Waals surface area contributed by atoms with Crippen molar-refractivity contribution in [3.05, 3.63) is 24.0 Å². The fraction of sp³-hybridized carbons (Fsp3) is 0.700. The quantitative estimate of drug-likeness (QED) is 0.889. The van der Waals surface area contributed by atoms with E-state index in [1.54, 1.807) is 6.20 Å². The van der Waals surface area contributed by atoms with E-state index in [0.29, 0.717) is 18.9 Å². The van der Waals surface area contributed by atoms with E-state index in [-0.39, 0.29) is 11.9 Å². The maximum atomic E-state index is 13.7. The average Bonchev–Trinajstić information content (AvgIpc) is 3.14. The van der Waals surface area contributed by atoms with Crippen molar-refractivity contribution in [2.75, 3.05) is 32.7 Å². The van der Waals surface area contributed by atoms with Crippen LogP contribution in [0.4, 0.5) is 0 Å². The highest BCUT2D eigenvalue weighted by molar-refractivity contribution is 5.86. The first kappa shape index (κ1) is 17.7. The summed E-state index contributed by atoms with van der Waals surface area (Å²) in [6, 6.07) is 4.56. The number of ether oxygens (including phenoxy) is 1. The molecule has 6 nitrogen and oxygen atoms in total. The molecule has 2 atom stereocenters. The van der Waals surface area contributed by atoms with Crippen molar-refractivity contribution in [3.63, 3.8) is 0 Å². The van der Waals surface area contributed by atoms with Crippen molar-refractivity contribution >= 4 is 5.91 Å². The van der Waals surface area contributed by atoms with Gasteiger partial charge in [-0.2, -0.15) is 0 Å². The smallest absolute Gasteiger partial charge is 0.267 e. The normalized spacial score (nSPS) is 28.6. The van der Waals surface area contributed by atoms with Gasteiger partial charge in [0.25, 0.3) is 5.91 Å². The van der Waals surface area contributed by atoms with Crippen LogP contribution in [0.1, 0.15) is 38.3 Å². The molecule has 2 unspecified atom stereocenters. The van der Waals surface area contributed by atoms with E-state index in [4.69, 9.17) is 4.74 Å². The zero-order valence-electron chi connectivity index (χ0n) is 15.9. The number of fused-ring (bicyclic) bond motifs is 1. The molecule has 3 aliphatic heterocycles. The predicted molar refractivity (Wildman–Crippen MR) is 100 cm³/mol. The van der Waals surface area contributed by atoms with Gasteiger partial charge in [0, 0.05) is 44.2 Å². The zero-order chi connectivity index (χ0) is 18.1. The molecule has 4 heterocycles. The molecule has 0 radical (unpaired) electrons. The molecular formula is C20H30N4O2. The fourth-order valence-electron chi connectivity index (χ4n) is 4.85. The minimum Gasteiger partial charge on any atom is -0.475 e. The fourth-order valence-corrected chi connectivity index (χ4v) is 4.85. The minimum atomic E-state index is -0.770. The first-order chi connectivity index (χ1) is 12.6. The van der Waals surface area contributed by atoms with Gasteiger partial charge in [-0.05, 0) is 58.5 Å². The van der Waals surface area contributed by atoms with Gasteiger partial charge in [-0.25, -0.2) is 0 Å². The lowest BCUT2D eigenvalue weighted by molar-refractivity contribution is -0.157. The van der Waals surface area contributed by atoms with Crippen molar-refractivity contribution in [3.8, 4) is 5.75 Å². The molecule has 6 heteroatoms. The maximum Gasteiger partial charge on any atom is 0.267 e. The van der Waals surface area contributed by atoms with E-state index in [1.165, 1.54) is 19.4 Å². The number of aromatic nitrogens is 1. The summed E-state index contributed by atoms with van der Waals surface area (Å²) in [6.07, 6.45) is 5.62. The molecule has 4 rings (SSSR count). The number of nitrogens with zero attached hydrogens (tertiary/aromatic N) is 3. The van der Waals surface area contributed by atoms with E-state index in [0.717, 1.165) is 37.6 Å². The van der Waals surface area contributed by atoms with Crippen molar-refractivity contribution in [2.24, 2.45) is 0 Å². The molecule has 0 spiro atoms. The van der Waals surface area contributed by atoms with Crippen LogP contribution < -0.4 is 10.1 Å². The molecule has 26 heavy (non-hydrogen) atoms. The zero-order valence-corrected chi connectivity index (χ0v) is 15.9. The minimum absolute atomic E-state index is 0.168. The number of pyridine rings is 1. The van der Waals surface area contributed by atoms with Gasteiger partial charge < -0.3 is 15.0 Å². The number of nitrogens with one attached hydrogen (secondary N) is 1. The molecule has 1 aromatic heterocycles. The van der Waals surface area contributed by atoms with Crippen LogP contribution in [0.25, 0.3) is 0 Å². The number of amides is 1. The highest BCUT2D eigenvalue weighted by Crippen LogP contribution is 2.33. The summed E-state index contributed by atoms with van der Waals surface area (Å²) in [5.74, 6) is 0.899. The Morgan fingerprint density at radius 1 is 1.31 bits per heavy atom. The number of hydrogen-bond acceptors (Lipinski definition) is 5. The van der Waals surface area contributed by atoms with Crippen molar-refractivity contribution in [1.82, 2.24) is 20.1 Å². The first-order valence-electron chi connectivity index (χ1n) is 9.97. The lowest BCUT2D eigenvalue weighted by Gasteiger charge is -2.47. The highest BCUT2D eigenvalue weighted by Gasteiger charge is 2.48. The second-order valence-corrected chi connectivity index (χ2v) is 7.92. The lowest BCUT2D eigenvalue weighted by Crippen LogP contribution is -2.65. The van der Waals surface area contributed by atoms with Crippen LogP contribution in [0.5, 0.6) is 5.75 Å². The molecule has 3 fully saturated rings. The molecular weight excluding hydrogens is 328 g/mol. The first-order valence-corrected chi connectivity index (χ1v) is 9.97. The molecule has 0 saturated carbocycles. The van der Waals surface area contributed by atoms with Crippen LogP contribution in [0.3, 0.4) is 0 Å². The van der Waals surface area contributed by atoms with Gasteiger partial charge in [0.1, 0.15) is 5.75 Å². The maximum absolute atomic E-state index is 13.7. The van der Waals surface area contributed by atoms with E-state index in [2.05, 4.69) is 27.0 Å². The number of aryl methyl sites for hydroxylation is 1. The van der Waals surface area contributed by atoms with Crippen molar-refractivity contribution < 1.29 is 9.53 Å². The SMILES string of the molecule is Cc1ncccc1OC1(C(=O)N2CCN3CCCC3C2C)CCNCC1. The standard InChI is InChI=1S/C20H30N4O2/c1-15-18(6-3-9-22-15)26-20(7-10-21-11-8-20)19(25)24-14-13-23-12-4-5-17(23)16(24)2/h3,6,9,16-17,21H,4-5,7-8,10-14H2,1-2H3. The molecule has 3 aliphatic rings. The number of hydrogen-bond donors (Lipinski definition) is 1. The summed E-state index contributed by atoms with van der Waals surface area (Å²) in [7, 11) is 0. The highest BCUT2D eigenvalue weighted by atomic mass is 16.5. The summed E-state index contributed by atoms with van der Waals surface area (Å²) in [5.41, 5.74) is 0.0699. The molecule has 3 saturated heterocycles. The van der Waals surface area contributed by atoms with Gasteiger partial charge in [0.15, 0.2) is 5.60 Å². The molecule has 0 aromatic carbocycles. The second-order valence-electron chi connectivity index (χ2n) is 7.92. The summed E-state index contributed by atoms with van der Waals surface area (Å²) < 4.78 is 6.44. The van der Waals surface area contributed by atoms with E-state index in [1.807, 2.05) is 19.1 Å². The Morgan fingerprint density at radius 3 is 2.88 bits per heavy atom. The van der Waals surface area contributed by atoms with Gasteiger partial charge in [-0.1, -0.05) is 0 Å². The molecule has 1 N–H and O–H groups in total. The second kappa shape index (κ2) is 7.16. The predicted octanol–water partition coefficient (Wildman–Crippen LogP) is 1.59. The van der Waals surface area contributed by atoms with Gasteiger partial charge >= 0.3 is 0 Å². The van der Waals surface area contributed by atoms with Gasteiger partial charge in [0.2, 0.25) is 0 Å². The number of carbonyl (C=O) groups is 1. The number of carbonyl (C=O) groups excluding carboxylic acids is 1. The Hall–Kier alpha value is -1.66. The van der Waals surface area contributed by atoms with E-state index >= 15 is 0 Å². The Balaban J connectivity index is 1.59. The van der Waals surface area contributed by atoms with Crippen LogP contribution in [0.15, 0.2) is 18.3 Å². The van der Waals surface area contributed by atoms with Crippen LogP contribution >= 0.6 is 0 Å². The van der Waals surface area contributed by atoms with Crippen molar-refractivity contribution in [1.29, 1.82) is 0 Å². The van der Waals surface area contributed by atoms with Crippen LogP contribution in [-0.2, 0) is 4.79 Å². The van der Waals surface area contributed by atoms with Crippen LogP contribution in [0.2, 0.25) is 0 Å². The van der Waals surface area contributed by atoms with E-state index in [9.17, 15) is 4.79 Å². The summed E-state index contributed by atoms with van der Waals surface area (Å²) in [4.78, 5) is 22.7. The van der Waals surface area contributed by atoms with Crippen molar-refractivity contribution in [2.45, 2.75) is 57.2 Å². The molecule has 0 bridgehead atoms.